The van der Waals surface area contributed by atoms with Gasteiger partial charge in [-0.05, 0) is 19.3 Å². The van der Waals surface area contributed by atoms with E-state index in [1.807, 2.05) is 13.0 Å². The fourth-order valence-corrected chi connectivity index (χ4v) is 3.36. The third-order valence-electron chi connectivity index (χ3n) is 4.30. The van der Waals surface area contributed by atoms with E-state index in [0.29, 0.717) is 17.5 Å². The van der Waals surface area contributed by atoms with Crippen LogP contribution in [-0.2, 0) is 0 Å². The number of aromatic amines is 1. The molecule has 0 amide bonds. The van der Waals surface area contributed by atoms with Crippen LogP contribution in [0.1, 0.15) is 12.2 Å². The third kappa shape index (κ3) is 1.51. The summed E-state index contributed by atoms with van der Waals surface area (Å²) in [6, 6.07) is 2.42. The number of anilines is 1. The van der Waals surface area contributed by atoms with E-state index in [1.54, 1.807) is 0 Å². The van der Waals surface area contributed by atoms with Crippen LogP contribution in [0.25, 0.3) is 5.65 Å². The molecule has 2 aliphatic heterocycles. The van der Waals surface area contributed by atoms with Crippen molar-refractivity contribution < 1.29 is 0 Å². The van der Waals surface area contributed by atoms with Crippen molar-refractivity contribution in [2.75, 3.05) is 24.5 Å². The first kappa shape index (κ1) is 11.0. The van der Waals surface area contributed by atoms with Gasteiger partial charge in [0, 0.05) is 31.7 Å². The molecule has 0 radical (unpaired) electrons. The van der Waals surface area contributed by atoms with Gasteiger partial charge in [0.15, 0.2) is 5.65 Å². The third-order valence-corrected chi connectivity index (χ3v) is 4.30. The standard InChI is InChI=1S/C12H16N6O/c1-7-14-10(4-11-15-16-12(19)18(7)11)17-3-2-8-5-13-6-9(8)17/h4,8-9,13H,2-3,5-6H2,1H3,(H,16,19)/t8-,9+/m0/s1. The highest BCUT2D eigenvalue weighted by molar-refractivity contribution is 5.53. The minimum absolute atomic E-state index is 0.228. The van der Waals surface area contributed by atoms with Gasteiger partial charge in [-0.15, -0.1) is 0 Å². The molecule has 2 fully saturated rings. The van der Waals surface area contributed by atoms with Crippen molar-refractivity contribution in [3.05, 3.63) is 22.4 Å². The van der Waals surface area contributed by atoms with Crippen LogP contribution in [0.15, 0.2) is 10.9 Å². The molecule has 2 N–H and O–H groups in total. The molecule has 0 aromatic carbocycles. The first-order chi connectivity index (χ1) is 9.24. The SMILES string of the molecule is Cc1nc(N2CC[C@H]3CNC[C@H]32)cc2n[nH]c(=O)n12. The number of aromatic nitrogens is 4. The first-order valence-corrected chi connectivity index (χ1v) is 6.66. The maximum Gasteiger partial charge on any atom is 0.349 e. The molecule has 4 rings (SSSR count). The van der Waals surface area contributed by atoms with Gasteiger partial charge in [-0.1, -0.05) is 0 Å². The lowest BCUT2D eigenvalue weighted by molar-refractivity contribution is 0.577. The molecule has 2 saturated heterocycles. The van der Waals surface area contributed by atoms with Crippen molar-refractivity contribution in [1.82, 2.24) is 24.9 Å². The molecule has 2 atom stereocenters. The Morgan fingerprint density at radius 1 is 1.42 bits per heavy atom. The van der Waals surface area contributed by atoms with Gasteiger partial charge >= 0.3 is 5.69 Å². The maximum atomic E-state index is 11.6. The molecule has 0 saturated carbocycles. The second kappa shape index (κ2) is 3.80. The Bertz CT molecular complexity index is 689. The van der Waals surface area contributed by atoms with Crippen LogP contribution in [-0.4, -0.2) is 45.3 Å². The number of nitrogens with zero attached hydrogens (tertiary/aromatic N) is 4. The molecule has 0 unspecified atom stereocenters. The van der Waals surface area contributed by atoms with Crippen molar-refractivity contribution in [2.24, 2.45) is 5.92 Å². The quantitative estimate of drug-likeness (QED) is 0.724. The summed E-state index contributed by atoms with van der Waals surface area (Å²) in [5.74, 6) is 2.33. The van der Waals surface area contributed by atoms with E-state index >= 15 is 0 Å². The number of rotatable bonds is 1. The van der Waals surface area contributed by atoms with Gasteiger partial charge < -0.3 is 10.2 Å². The van der Waals surface area contributed by atoms with E-state index in [1.165, 1.54) is 10.8 Å². The zero-order valence-corrected chi connectivity index (χ0v) is 10.8. The van der Waals surface area contributed by atoms with Crippen molar-refractivity contribution in [2.45, 2.75) is 19.4 Å². The minimum atomic E-state index is -0.228. The number of aryl methyl sites for hydroxylation is 1. The Hall–Kier alpha value is -1.89. The number of H-pyrrole nitrogens is 1. The van der Waals surface area contributed by atoms with E-state index in [2.05, 4.69) is 25.4 Å². The molecule has 19 heavy (non-hydrogen) atoms. The molecular weight excluding hydrogens is 244 g/mol. The predicted octanol–water partition coefficient (Wildman–Crippen LogP) is -0.476. The Kier molecular flexibility index (Phi) is 2.20. The zero-order chi connectivity index (χ0) is 13.0. The summed E-state index contributed by atoms with van der Waals surface area (Å²) in [6.45, 7) is 5.00. The zero-order valence-electron chi connectivity index (χ0n) is 10.8. The van der Waals surface area contributed by atoms with E-state index in [4.69, 9.17) is 0 Å². The van der Waals surface area contributed by atoms with Crippen molar-refractivity contribution >= 4 is 11.5 Å². The molecule has 4 heterocycles. The summed E-state index contributed by atoms with van der Waals surface area (Å²) in [4.78, 5) is 18.5. The number of nitrogens with one attached hydrogen (secondary N) is 2. The largest absolute Gasteiger partial charge is 0.352 e. The van der Waals surface area contributed by atoms with E-state index in [-0.39, 0.29) is 5.69 Å². The number of hydrogen-bond donors (Lipinski definition) is 2. The molecule has 2 aromatic rings. The van der Waals surface area contributed by atoms with Gasteiger partial charge in [-0.3, -0.25) is 0 Å². The summed E-state index contributed by atoms with van der Waals surface area (Å²) < 4.78 is 1.50. The van der Waals surface area contributed by atoms with Crippen LogP contribution >= 0.6 is 0 Å². The van der Waals surface area contributed by atoms with Crippen molar-refractivity contribution in [3.63, 3.8) is 0 Å². The minimum Gasteiger partial charge on any atom is -0.352 e. The summed E-state index contributed by atoms with van der Waals surface area (Å²) in [7, 11) is 0. The van der Waals surface area contributed by atoms with E-state index in [9.17, 15) is 4.79 Å². The summed E-state index contributed by atoms with van der Waals surface area (Å²) in [5.41, 5.74) is 0.412. The molecule has 2 aromatic heterocycles. The second-order valence-electron chi connectivity index (χ2n) is 5.35. The average molecular weight is 260 g/mol. The van der Waals surface area contributed by atoms with Crippen molar-refractivity contribution in [1.29, 1.82) is 0 Å². The van der Waals surface area contributed by atoms with Crippen molar-refractivity contribution in [3.8, 4) is 0 Å². The molecule has 7 heteroatoms. The van der Waals surface area contributed by atoms with E-state index < -0.39 is 0 Å². The smallest absolute Gasteiger partial charge is 0.349 e. The Morgan fingerprint density at radius 3 is 3.21 bits per heavy atom. The van der Waals surface area contributed by atoms with Gasteiger partial charge in [0.05, 0.1) is 0 Å². The highest BCUT2D eigenvalue weighted by Crippen LogP contribution is 2.31. The Balaban J connectivity index is 1.81. The van der Waals surface area contributed by atoms with Gasteiger partial charge in [0.2, 0.25) is 0 Å². The highest BCUT2D eigenvalue weighted by atomic mass is 16.1. The number of hydrogen-bond acceptors (Lipinski definition) is 5. The van der Waals surface area contributed by atoms with Crippen LogP contribution in [0, 0.1) is 12.8 Å². The molecule has 2 aliphatic rings. The van der Waals surface area contributed by atoms with Gasteiger partial charge in [0.25, 0.3) is 0 Å². The Labute approximate surface area is 109 Å². The lowest BCUT2D eigenvalue weighted by Crippen LogP contribution is -2.35. The molecule has 0 bridgehead atoms. The van der Waals surface area contributed by atoms with Crippen LogP contribution < -0.4 is 15.9 Å². The van der Waals surface area contributed by atoms with Crippen LogP contribution in [0.5, 0.6) is 0 Å². The molecule has 100 valence electrons. The lowest BCUT2D eigenvalue weighted by atomic mass is 10.1. The average Bonchev–Trinajstić information content (AvgIpc) is 3.03. The topological polar surface area (TPSA) is 78.3 Å². The summed E-state index contributed by atoms with van der Waals surface area (Å²) in [6.07, 6.45) is 1.21. The predicted molar refractivity (Wildman–Crippen MR) is 70.5 cm³/mol. The second-order valence-corrected chi connectivity index (χ2v) is 5.35. The van der Waals surface area contributed by atoms with Gasteiger partial charge in [-0.25, -0.2) is 19.3 Å². The monoisotopic (exact) mass is 260 g/mol. The van der Waals surface area contributed by atoms with Crippen LogP contribution in [0.3, 0.4) is 0 Å². The fraction of sp³-hybridized carbons (Fsp3) is 0.583. The molecule has 0 spiro atoms. The maximum absolute atomic E-state index is 11.6. The van der Waals surface area contributed by atoms with Gasteiger partial charge in [-0.2, -0.15) is 5.10 Å². The molecular formula is C12H16N6O. The van der Waals surface area contributed by atoms with Crippen LogP contribution in [0.4, 0.5) is 5.82 Å². The molecule has 0 aliphatic carbocycles. The fourth-order valence-electron chi connectivity index (χ4n) is 3.36. The first-order valence-electron chi connectivity index (χ1n) is 6.66. The Morgan fingerprint density at radius 2 is 2.32 bits per heavy atom. The highest BCUT2D eigenvalue weighted by Gasteiger charge is 2.38. The normalized spacial score (nSPS) is 26.3. The lowest BCUT2D eigenvalue weighted by Gasteiger charge is -2.24. The molecule has 7 nitrogen and oxygen atoms in total. The summed E-state index contributed by atoms with van der Waals surface area (Å²) in [5, 5.41) is 9.94. The summed E-state index contributed by atoms with van der Waals surface area (Å²) >= 11 is 0. The van der Waals surface area contributed by atoms with Gasteiger partial charge in [0.1, 0.15) is 11.6 Å². The van der Waals surface area contributed by atoms with Crippen LogP contribution in [0.2, 0.25) is 0 Å². The van der Waals surface area contributed by atoms with E-state index in [0.717, 1.165) is 31.4 Å². The number of fused-ring (bicyclic) bond motifs is 2.